The lowest BCUT2D eigenvalue weighted by molar-refractivity contribution is -0.286. The minimum atomic E-state index is -3.78. The minimum absolute atomic E-state index is 0.0180. The summed E-state index contributed by atoms with van der Waals surface area (Å²) < 4.78 is 65.7. The molecule has 3 aromatic carbocycles. The maximum atomic E-state index is 13.3. The molecule has 1 aromatic heterocycles. The van der Waals surface area contributed by atoms with Crippen LogP contribution in [0.4, 0.5) is 28.0 Å². The van der Waals surface area contributed by atoms with Crippen LogP contribution >= 0.6 is 0 Å². The molecular weight excluding hydrogens is 470 g/mol. The number of amides is 1. The summed E-state index contributed by atoms with van der Waals surface area (Å²) in [6, 6.07) is 18.1. The molecule has 0 bridgehead atoms. The number of halogens is 4. The first-order valence-electron chi connectivity index (χ1n) is 10.2. The highest BCUT2D eigenvalue weighted by Gasteiger charge is 2.43. The molecule has 0 aliphatic carbocycles. The van der Waals surface area contributed by atoms with E-state index in [0.717, 1.165) is 10.2 Å². The Morgan fingerprint density at radius 1 is 0.943 bits per heavy atom. The third-order valence-electron chi connectivity index (χ3n) is 5.01. The number of rotatable bonds is 5. The highest BCUT2D eigenvalue weighted by Crippen LogP contribution is 2.42. The summed E-state index contributed by atoms with van der Waals surface area (Å²) in [4.78, 5) is 12.9. The van der Waals surface area contributed by atoms with Crippen molar-refractivity contribution in [1.82, 2.24) is 9.78 Å². The number of nitrogens with one attached hydrogen (secondary N) is 1. The van der Waals surface area contributed by atoms with Crippen molar-refractivity contribution in [1.29, 1.82) is 0 Å². The molecule has 2 heterocycles. The van der Waals surface area contributed by atoms with Gasteiger partial charge in [-0.2, -0.15) is 18.6 Å². The normalized spacial score (nSPS) is 13.6. The second-order valence-corrected chi connectivity index (χ2v) is 7.36. The Kier molecular flexibility index (Phi) is 5.51. The molecule has 1 aliphatic rings. The lowest BCUT2D eigenvalue weighted by Crippen LogP contribution is -2.25. The fourth-order valence-corrected chi connectivity index (χ4v) is 3.52. The van der Waals surface area contributed by atoms with E-state index in [-0.39, 0.29) is 22.9 Å². The molecule has 0 unspecified atom stereocenters. The fourth-order valence-electron chi connectivity index (χ4n) is 3.52. The monoisotopic (exact) mass is 485 g/mol. The predicted octanol–water partition coefficient (Wildman–Crippen LogP) is 6.22. The number of alkyl halides is 4. The molecule has 35 heavy (non-hydrogen) atoms. The van der Waals surface area contributed by atoms with Gasteiger partial charge in [-0.25, -0.2) is 4.79 Å². The molecule has 0 saturated carbocycles. The van der Waals surface area contributed by atoms with Crippen LogP contribution in [0.15, 0.2) is 79.0 Å². The van der Waals surface area contributed by atoms with Crippen molar-refractivity contribution < 1.29 is 36.6 Å². The van der Waals surface area contributed by atoms with Crippen LogP contribution in [-0.2, 0) is 0 Å². The van der Waals surface area contributed by atoms with Crippen LogP contribution in [0.25, 0.3) is 22.4 Å². The lowest BCUT2D eigenvalue weighted by atomic mass is 10.0. The Balaban J connectivity index is 1.45. The van der Waals surface area contributed by atoms with E-state index in [1.54, 1.807) is 12.1 Å². The predicted molar refractivity (Wildman–Crippen MR) is 117 cm³/mol. The van der Waals surface area contributed by atoms with Crippen molar-refractivity contribution in [3.8, 4) is 39.6 Å². The third-order valence-corrected chi connectivity index (χ3v) is 5.01. The third kappa shape index (κ3) is 4.74. The molecule has 0 spiro atoms. The average molecular weight is 485 g/mol. The van der Waals surface area contributed by atoms with E-state index >= 15 is 0 Å². The van der Waals surface area contributed by atoms with Gasteiger partial charge in [0.25, 0.3) is 0 Å². The number of aromatic nitrogens is 2. The van der Waals surface area contributed by atoms with E-state index in [9.17, 15) is 22.4 Å². The largest absolute Gasteiger partial charge is 0.586 e. The first-order chi connectivity index (χ1) is 16.8. The molecule has 1 N–H and O–H groups in total. The molecule has 0 radical (unpaired) electrons. The zero-order valence-electron chi connectivity index (χ0n) is 17.6. The van der Waals surface area contributed by atoms with Crippen LogP contribution in [0.5, 0.6) is 17.2 Å². The Morgan fingerprint density at radius 3 is 2.37 bits per heavy atom. The van der Waals surface area contributed by atoms with E-state index in [1.807, 2.05) is 30.3 Å². The zero-order chi connectivity index (χ0) is 24.6. The van der Waals surface area contributed by atoms with E-state index in [2.05, 4.69) is 24.6 Å². The van der Waals surface area contributed by atoms with Crippen LogP contribution in [0, 0.1) is 0 Å². The number of carbonyl (C=O) groups excluding carboxylic acids is 1. The van der Waals surface area contributed by atoms with Gasteiger partial charge in [0.15, 0.2) is 11.5 Å². The molecule has 4 aromatic rings. The van der Waals surface area contributed by atoms with E-state index in [0.29, 0.717) is 16.8 Å². The van der Waals surface area contributed by atoms with Crippen LogP contribution in [0.2, 0.25) is 0 Å². The van der Waals surface area contributed by atoms with Crippen molar-refractivity contribution in [2.75, 3.05) is 5.32 Å². The fraction of sp³-hybridized carbons (Fsp3) is 0.0833. The maximum absolute atomic E-state index is 13.3. The zero-order valence-corrected chi connectivity index (χ0v) is 17.6. The summed E-state index contributed by atoms with van der Waals surface area (Å²) in [5, 5.41) is 6.95. The van der Waals surface area contributed by atoms with Crippen molar-refractivity contribution in [3.63, 3.8) is 0 Å². The molecule has 0 fully saturated rings. The Hall–Kier alpha value is -4.54. The van der Waals surface area contributed by atoms with Crippen LogP contribution < -0.4 is 19.5 Å². The molecule has 0 atom stereocenters. The lowest BCUT2D eigenvalue weighted by Gasteiger charge is -2.06. The molecular formula is C24H15F4N3O4. The van der Waals surface area contributed by atoms with Gasteiger partial charge in [-0.3, -0.25) is 0 Å². The van der Waals surface area contributed by atoms with Gasteiger partial charge in [-0.05, 0) is 42.0 Å². The SMILES string of the molecule is O=C(Nc1ccc2c(c1)OC(F)(F)O2)n1cc(-c2ccccc2)c(-c2ccc(OC(F)F)cc2)n1. The van der Waals surface area contributed by atoms with Gasteiger partial charge in [0.2, 0.25) is 0 Å². The summed E-state index contributed by atoms with van der Waals surface area (Å²) >= 11 is 0. The Bertz CT molecular complexity index is 1380. The summed E-state index contributed by atoms with van der Waals surface area (Å²) in [5.41, 5.74) is 2.53. The van der Waals surface area contributed by atoms with Crippen LogP contribution in [0.3, 0.4) is 0 Å². The average Bonchev–Trinajstić information content (AvgIpc) is 3.39. The standard InChI is InChI=1S/C24H15F4N3O4/c25-22(26)33-17-9-6-15(7-10-17)21-18(14-4-2-1-3-5-14)13-31(30-21)23(32)29-16-8-11-19-20(12-16)35-24(27,28)34-19/h1-13,22H,(H,29,32). The molecule has 178 valence electrons. The highest BCUT2D eigenvalue weighted by atomic mass is 19.3. The molecule has 1 amide bonds. The summed E-state index contributed by atoms with van der Waals surface area (Å²) in [5.74, 6) is -0.388. The van der Waals surface area contributed by atoms with Gasteiger partial charge in [-0.1, -0.05) is 30.3 Å². The van der Waals surface area contributed by atoms with Gasteiger partial charge in [0.1, 0.15) is 11.4 Å². The molecule has 7 nitrogen and oxygen atoms in total. The number of benzene rings is 3. The van der Waals surface area contributed by atoms with Crippen molar-refractivity contribution in [2.24, 2.45) is 0 Å². The Labute approximate surface area is 195 Å². The van der Waals surface area contributed by atoms with Crippen LogP contribution in [0.1, 0.15) is 0 Å². The summed E-state index contributed by atoms with van der Waals surface area (Å²) in [6.07, 6.45) is -2.27. The molecule has 0 saturated heterocycles. The first kappa shape index (κ1) is 22.3. The van der Waals surface area contributed by atoms with Crippen LogP contribution in [-0.4, -0.2) is 28.7 Å². The second-order valence-electron chi connectivity index (χ2n) is 7.36. The highest BCUT2D eigenvalue weighted by molar-refractivity contribution is 5.93. The number of nitrogens with zero attached hydrogens (tertiary/aromatic N) is 2. The number of fused-ring (bicyclic) bond motifs is 1. The summed E-state index contributed by atoms with van der Waals surface area (Å²) in [6.45, 7) is -2.95. The number of carbonyl (C=O) groups is 1. The van der Waals surface area contributed by atoms with Gasteiger partial charge >= 0.3 is 18.9 Å². The van der Waals surface area contributed by atoms with Gasteiger partial charge < -0.3 is 19.5 Å². The second kappa shape index (κ2) is 8.67. The molecule has 5 rings (SSSR count). The Morgan fingerprint density at radius 2 is 1.66 bits per heavy atom. The topological polar surface area (TPSA) is 74.6 Å². The first-order valence-corrected chi connectivity index (χ1v) is 10.2. The van der Waals surface area contributed by atoms with E-state index in [4.69, 9.17) is 0 Å². The molecule has 11 heteroatoms. The number of ether oxygens (including phenoxy) is 3. The minimum Gasteiger partial charge on any atom is -0.435 e. The van der Waals surface area contributed by atoms with Gasteiger partial charge in [0, 0.05) is 29.1 Å². The van der Waals surface area contributed by atoms with E-state index in [1.165, 1.54) is 36.5 Å². The van der Waals surface area contributed by atoms with Gasteiger partial charge in [-0.15, -0.1) is 8.78 Å². The van der Waals surface area contributed by atoms with Crippen molar-refractivity contribution in [3.05, 3.63) is 79.0 Å². The number of anilines is 1. The van der Waals surface area contributed by atoms with Crippen molar-refractivity contribution >= 4 is 11.7 Å². The number of hydrogen-bond acceptors (Lipinski definition) is 5. The smallest absolute Gasteiger partial charge is 0.435 e. The summed E-state index contributed by atoms with van der Waals surface area (Å²) in [7, 11) is 0. The quantitative estimate of drug-likeness (QED) is 0.340. The van der Waals surface area contributed by atoms with E-state index < -0.39 is 18.9 Å². The molecule has 1 aliphatic heterocycles. The number of hydrogen-bond donors (Lipinski definition) is 1. The van der Waals surface area contributed by atoms with Crippen molar-refractivity contribution in [2.45, 2.75) is 12.9 Å². The van der Waals surface area contributed by atoms with Gasteiger partial charge in [0.05, 0.1) is 0 Å². The maximum Gasteiger partial charge on any atom is 0.586 e.